The molecule has 6 heteroatoms. The Kier molecular flexibility index (Phi) is 5.19. The summed E-state index contributed by atoms with van der Waals surface area (Å²) in [5, 5.41) is 1.08. The van der Waals surface area contributed by atoms with E-state index in [0.717, 1.165) is 5.56 Å². The molecule has 0 bridgehead atoms. The highest BCUT2D eigenvalue weighted by molar-refractivity contribution is 9.09. The molecule has 0 saturated carbocycles. The molecule has 0 aliphatic rings. The summed E-state index contributed by atoms with van der Waals surface area (Å²) in [6, 6.07) is 6.80. The number of rotatable bonds is 5. The van der Waals surface area contributed by atoms with E-state index in [2.05, 4.69) is 36.6 Å². The van der Waals surface area contributed by atoms with Crippen LogP contribution in [0, 0.1) is 6.92 Å². The van der Waals surface area contributed by atoms with E-state index < -0.39 is 15.6 Å². The first-order valence-electron chi connectivity index (χ1n) is 5.05. The van der Waals surface area contributed by atoms with Gasteiger partial charge in [0, 0.05) is 16.2 Å². The molecule has 0 saturated heterocycles. The molecule has 1 N–H and O–H groups in total. The van der Waals surface area contributed by atoms with Gasteiger partial charge in [0.05, 0.1) is 4.90 Å². The van der Waals surface area contributed by atoms with Gasteiger partial charge in [-0.1, -0.05) is 49.6 Å². The predicted octanol–water partition coefficient (Wildman–Crippen LogP) is 2.82. The minimum atomic E-state index is -3.47. The van der Waals surface area contributed by atoms with Crippen molar-refractivity contribution in [3.8, 4) is 0 Å². The van der Waals surface area contributed by atoms with E-state index in [1.807, 2.05) is 13.8 Å². The monoisotopic (exact) mass is 383 g/mol. The third kappa shape index (κ3) is 4.05. The van der Waals surface area contributed by atoms with E-state index >= 15 is 0 Å². The minimum absolute atomic E-state index is 0.288. The first kappa shape index (κ1) is 15.1. The molecule has 0 aliphatic carbocycles. The zero-order chi connectivity index (χ0) is 13.1. The van der Waals surface area contributed by atoms with Crippen LogP contribution in [0.4, 0.5) is 0 Å². The van der Waals surface area contributed by atoms with Gasteiger partial charge in [-0.25, -0.2) is 13.1 Å². The number of halogens is 2. The van der Waals surface area contributed by atoms with Crippen LogP contribution in [0.25, 0.3) is 0 Å². The van der Waals surface area contributed by atoms with Gasteiger partial charge in [-0.2, -0.15) is 0 Å². The number of alkyl halides is 2. The maximum absolute atomic E-state index is 12.1. The third-order valence-corrected chi connectivity index (χ3v) is 6.43. The van der Waals surface area contributed by atoms with Gasteiger partial charge in [-0.05, 0) is 26.0 Å². The van der Waals surface area contributed by atoms with Crippen LogP contribution in [0.15, 0.2) is 29.2 Å². The molecule has 0 spiro atoms. The molecule has 17 heavy (non-hydrogen) atoms. The molecular weight excluding hydrogens is 370 g/mol. The average Bonchev–Trinajstić information content (AvgIpc) is 2.29. The third-order valence-electron chi connectivity index (χ3n) is 2.30. The molecule has 0 amide bonds. The van der Waals surface area contributed by atoms with Crippen LogP contribution < -0.4 is 4.72 Å². The number of hydrogen-bond acceptors (Lipinski definition) is 2. The van der Waals surface area contributed by atoms with Gasteiger partial charge >= 0.3 is 0 Å². The largest absolute Gasteiger partial charge is 0.241 e. The van der Waals surface area contributed by atoms with Crippen molar-refractivity contribution in [2.24, 2.45) is 0 Å². The zero-order valence-corrected chi connectivity index (χ0v) is 13.7. The number of benzene rings is 1. The SMILES string of the molecule is Cc1ccc(S(=O)(=O)NC(C)(CBr)CBr)cc1. The van der Waals surface area contributed by atoms with E-state index in [1.165, 1.54) is 0 Å². The molecule has 0 aliphatic heterocycles. The fraction of sp³-hybridized carbons (Fsp3) is 0.455. The van der Waals surface area contributed by atoms with Crippen molar-refractivity contribution in [3.63, 3.8) is 0 Å². The van der Waals surface area contributed by atoms with Gasteiger partial charge in [0.15, 0.2) is 0 Å². The summed E-state index contributed by atoms with van der Waals surface area (Å²) in [5.74, 6) is 0. The Labute approximate surface area is 119 Å². The molecule has 96 valence electrons. The molecule has 0 fully saturated rings. The van der Waals surface area contributed by atoms with Gasteiger partial charge in [0.25, 0.3) is 0 Å². The summed E-state index contributed by atoms with van der Waals surface area (Å²) >= 11 is 6.62. The van der Waals surface area contributed by atoms with E-state index in [-0.39, 0.29) is 4.90 Å². The van der Waals surface area contributed by atoms with Crippen LogP contribution in [-0.4, -0.2) is 24.6 Å². The van der Waals surface area contributed by atoms with Crippen LogP contribution in [0.3, 0.4) is 0 Å². The summed E-state index contributed by atoms with van der Waals surface area (Å²) in [4.78, 5) is 0.288. The molecule has 3 nitrogen and oxygen atoms in total. The highest BCUT2D eigenvalue weighted by Gasteiger charge is 2.28. The Morgan fingerprint density at radius 1 is 1.18 bits per heavy atom. The Hall–Kier alpha value is 0.0900. The number of hydrogen-bond donors (Lipinski definition) is 1. The fourth-order valence-corrected chi connectivity index (χ4v) is 4.18. The Morgan fingerprint density at radius 2 is 1.65 bits per heavy atom. The molecule has 1 aromatic rings. The van der Waals surface area contributed by atoms with Crippen molar-refractivity contribution in [3.05, 3.63) is 29.8 Å². The number of aryl methyl sites for hydroxylation is 1. The van der Waals surface area contributed by atoms with Crippen LogP contribution in [0.5, 0.6) is 0 Å². The van der Waals surface area contributed by atoms with Crippen molar-refractivity contribution in [2.45, 2.75) is 24.3 Å². The van der Waals surface area contributed by atoms with Crippen LogP contribution in [-0.2, 0) is 10.0 Å². The maximum atomic E-state index is 12.1. The van der Waals surface area contributed by atoms with Gasteiger partial charge in [-0.3, -0.25) is 0 Å². The molecule has 1 aromatic carbocycles. The Balaban J connectivity index is 3.00. The molecule has 0 radical (unpaired) electrons. The summed E-state index contributed by atoms with van der Waals surface area (Å²) in [5.41, 5.74) is 0.497. The lowest BCUT2D eigenvalue weighted by Crippen LogP contribution is -2.48. The molecular formula is C11H15Br2NO2S. The first-order valence-corrected chi connectivity index (χ1v) is 8.78. The lowest BCUT2D eigenvalue weighted by atomic mass is 10.1. The standard InChI is InChI=1S/C11H15Br2NO2S/c1-9-3-5-10(6-4-9)17(15,16)14-11(2,7-12)8-13/h3-6,14H,7-8H2,1-2H3. The van der Waals surface area contributed by atoms with Crippen molar-refractivity contribution < 1.29 is 8.42 Å². The molecule has 0 unspecified atom stereocenters. The van der Waals surface area contributed by atoms with Gasteiger partial charge in [0.2, 0.25) is 10.0 Å². The van der Waals surface area contributed by atoms with Gasteiger partial charge in [-0.15, -0.1) is 0 Å². The van der Waals surface area contributed by atoms with E-state index in [4.69, 9.17) is 0 Å². The average molecular weight is 385 g/mol. The summed E-state index contributed by atoms with van der Waals surface area (Å²) < 4.78 is 26.9. The van der Waals surface area contributed by atoms with Crippen LogP contribution >= 0.6 is 31.9 Å². The molecule has 0 atom stereocenters. The quantitative estimate of drug-likeness (QED) is 0.793. The fourth-order valence-electron chi connectivity index (χ4n) is 1.19. The minimum Gasteiger partial charge on any atom is -0.207 e. The van der Waals surface area contributed by atoms with Crippen LogP contribution in [0.2, 0.25) is 0 Å². The van der Waals surface area contributed by atoms with E-state index in [1.54, 1.807) is 24.3 Å². The van der Waals surface area contributed by atoms with Gasteiger partial charge in [0.1, 0.15) is 0 Å². The number of nitrogens with one attached hydrogen (secondary N) is 1. The van der Waals surface area contributed by atoms with Gasteiger partial charge < -0.3 is 0 Å². The molecule has 0 aromatic heterocycles. The normalized spacial score (nSPS) is 12.7. The Bertz CT molecular complexity index is 467. The predicted molar refractivity (Wildman–Crippen MR) is 77.5 cm³/mol. The highest BCUT2D eigenvalue weighted by atomic mass is 79.9. The lowest BCUT2D eigenvalue weighted by molar-refractivity contribution is 0.509. The zero-order valence-electron chi connectivity index (χ0n) is 9.70. The summed E-state index contributed by atoms with van der Waals surface area (Å²) in [6.07, 6.45) is 0. The molecule has 0 heterocycles. The van der Waals surface area contributed by atoms with E-state index in [9.17, 15) is 8.42 Å². The maximum Gasteiger partial charge on any atom is 0.241 e. The van der Waals surface area contributed by atoms with E-state index in [0.29, 0.717) is 10.7 Å². The Morgan fingerprint density at radius 3 is 2.06 bits per heavy atom. The highest BCUT2D eigenvalue weighted by Crippen LogP contribution is 2.17. The summed E-state index contributed by atoms with van der Waals surface area (Å²) in [7, 11) is -3.47. The second kappa shape index (κ2) is 5.82. The van der Waals surface area contributed by atoms with Crippen LogP contribution in [0.1, 0.15) is 12.5 Å². The van der Waals surface area contributed by atoms with Crippen molar-refractivity contribution in [1.82, 2.24) is 4.72 Å². The van der Waals surface area contributed by atoms with Crippen molar-refractivity contribution in [2.75, 3.05) is 10.7 Å². The molecule has 1 rings (SSSR count). The topological polar surface area (TPSA) is 46.2 Å². The smallest absolute Gasteiger partial charge is 0.207 e. The number of sulfonamides is 1. The second-order valence-corrected chi connectivity index (χ2v) is 7.05. The lowest BCUT2D eigenvalue weighted by Gasteiger charge is -2.26. The second-order valence-electron chi connectivity index (χ2n) is 4.25. The first-order chi connectivity index (χ1) is 7.83. The van der Waals surface area contributed by atoms with Crippen molar-refractivity contribution >= 4 is 41.9 Å². The van der Waals surface area contributed by atoms with Crippen molar-refractivity contribution in [1.29, 1.82) is 0 Å². The summed E-state index contributed by atoms with van der Waals surface area (Å²) in [6.45, 7) is 3.76.